The lowest BCUT2D eigenvalue weighted by atomic mass is 10.1. The van der Waals surface area contributed by atoms with E-state index in [2.05, 4.69) is 15.9 Å². The molecule has 1 heterocycles. The minimum absolute atomic E-state index is 0.0290. The molecular weight excluding hydrogens is 400 g/mol. The molecule has 26 heavy (non-hydrogen) atoms. The lowest BCUT2D eigenvalue weighted by molar-refractivity contribution is -0.147. The van der Waals surface area contributed by atoms with Crippen molar-refractivity contribution in [2.45, 2.75) is 20.5 Å². The zero-order valence-electron chi connectivity index (χ0n) is 14.4. The SMILES string of the molecule is Cc1ccc(C)c(OCC(=O)OCc2cc(=O)oc3cc(Br)ccc23)c1. The van der Waals surface area contributed by atoms with E-state index in [4.69, 9.17) is 13.9 Å². The summed E-state index contributed by atoms with van der Waals surface area (Å²) in [5.74, 6) is 0.141. The first-order valence-electron chi connectivity index (χ1n) is 8.00. The van der Waals surface area contributed by atoms with Crippen molar-refractivity contribution in [3.63, 3.8) is 0 Å². The molecule has 6 heteroatoms. The molecule has 0 saturated carbocycles. The van der Waals surface area contributed by atoms with Crippen molar-refractivity contribution in [1.82, 2.24) is 0 Å². The van der Waals surface area contributed by atoms with Crippen LogP contribution in [-0.4, -0.2) is 12.6 Å². The summed E-state index contributed by atoms with van der Waals surface area (Å²) < 4.78 is 16.8. The largest absolute Gasteiger partial charge is 0.482 e. The number of carbonyl (C=O) groups is 1. The van der Waals surface area contributed by atoms with E-state index in [1.165, 1.54) is 6.07 Å². The molecule has 3 aromatic rings. The lowest BCUT2D eigenvalue weighted by Crippen LogP contribution is -2.15. The molecule has 0 unspecified atom stereocenters. The van der Waals surface area contributed by atoms with Crippen LogP contribution in [0.2, 0.25) is 0 Å². The number of rotatable bonds is 5. The van der Waals surface area contributed by atoms with Crippen molar-refractivity contribution < 1.29 is 18.7 Å². The van der Waals surface area contributed by atoms with Gasteiger partial charge < -0.3 is 13.9 Å². The predicted octanol–water partition coefficient (Wildman–Crippen LogP) is 4.29. The highest BCUT2D eigenvalue weighted by molar-refractivity contribution is 9.10. The molecule has 0 N–H and O–H groups in total. The Morgan fingerprint density at radius 1 is 1.12 bits per heavy atom. The van der Waals surface area contributed by atoms with E-state index in [9.17, 15) is 9.59 Å². The van der Waals surface area contributed by atoms with Crippen molar-refractivity contribution in [2.75, 3.05) is 6.61 Å². The van der Waals surface area contributed by atoms with Crippen LogP contribution in [0, 0.1) is 13.8 Å². The Labute approximate surface area is 158 Å². The molecule has 1 aromatic heterocycles. The normalized spacial score (nSPS) is 10.7. The van der Waals surface area contributed by atoms with Crippen LogP contribution in [0.1, 0.15) is 16.7 Å². The highest BCUT2D eigenvalue weighted by atomic mass is 79.9. The molecular formula is C20H17BrO5. The van der Waals surface area contributed by atoms with Crippen LogP contribution < -0.4 is 10.4 Å². The molecule has 0 spiro atoms. The molecule has 0 aliphatic rings. The second-order valence-corrected chi connectivity index (χ2v) is 6.87. The van der Waals surface area contributed by atoms with Gasteiger partial charge in [-0.2, -0.15) is 0 Å². The number of hydrogen-bond donors (Lipinski definition) is 0. The van der Waals surface area contributed by atoms with Crippen molar-refractivity contribution in [3.8, 4) is 5.75 Å². The summed E-state index contributed by atoms with van der Waals surface area (Å²) in [6.07, 6.45) is 0. The van der Waals surface area contributed by atoms with Gasteiger partial charge in [0, 0.05) is 21.5 Å². The average Bonchev–Trinajstić information content (AvgIpc) is 2.59. The fourth-order valence-corrected chi connectivity index (χ4v) is 2.86. The molecule has 5 nitrogen and oxygen atoms in total. The fourth-order valence-electron chi connectivity index (χ4n) is 2.52. The minimum atomic E-state index is -0.510. The van der Waals surface area contributed by atoms with Crippen molar-refractivity contribution in [3.05, 3.63) is 74.0 Å². The molecule has 0 saturated heterocycles. The molecule has 0 bridgehead atoms. The number of aryl methyl sites for hydroxylation is 2. The molecule has 0 fully saturated rings. The van der Waals surface area contributed by atoms with Crippen molar-refractivity contribution in [2.24, 2.45) is 0 Å². The van der Waals surface area contributed by atoms with Crippen molar-refractivity contribution >= 4 is 32.9 Å². The third-order valence-electron chi connectivity index (χ3n) is 3.87. The molecule has 0 aliphatic heterocycles. The van der Waals surface area contributed by atoms with Gasteiger partial charge in [0.2, 0.25) is 0 Å². The Hall–Kier alpha value is -2.60. The van der Waals surface area contributed by atoms with E-state index in [1.807, 2.05) is 38.1 Å². The zero-order chi connectivity index (χ0) is 18.7. The first-order chi connectivity index (χ1) is 12.4. The number of ether oxygens (including phenoxy) is 2. The first-order valence-corrected chi connectivity index (χ1v) is 8.79. The van der Waals surface area contributed by atoms with Crippen LogP contribution in [0.4, 0.5) is 0 Å². The summed E-state index contributed by atoms with van der Waals surface area (Å²) >= 11 is 3.33. The van der Waals surface area contributed by atoms with Gasteiger partial charge in [0.15, 0.2) is 6.61 Å². The second kappa shape index (κ2) is 7.74. The molecule has 0 atom stereocenters. The highest BCUT2D eigenvalue weighted by Crippen LogP contribution is 2.22. The Morgan fingerprint density at radius 3 is 2.73 bits per heavy atom. The summed E-state index contributed by atoms with van der Waals surface area (Å²) in [4.78, 5) is 23.7. The van der Waals surface area contributed by atoms with E-state index < -0.39 is 11.6 Å². The summed E-state index contributed by atoms with van der Waals surface area (Å²) in [6.45, 7) is 3.64. The van der Waals surface area contributed by atoms with Crippen LogP contribution in [0.3, 0.4) is 0 Å². The summed E-state index contributed by atoms with van der Waals surface area (Å²) in [5.41, 5.74) is 2.52. The topological polar surface area (TPSA) is 65.7 Å². The fraction of sp³-hybridized carbons (Fsp3) is 0.200. The maximum absolute atomic E-state index is 12.0. The molecule has 3 rings (SSSR count). The average molecular weight is 417 g/mol. The standard InChI is InChI=1S/C20H17BrO5/c1-12-3-4-13(2)17(7-12)24-11-20(23)25-10-14-8-19(22)26-18-9-15(21)5-6-16(14)18/h3-9H,10-11H2,1-2H3. The van der Waals surface area contributed by atoms with Crippen LogP contribution in [0.25, 0.3) is 11.0 Å². The van der Waals surface area contributed by atoms with E-state index in [-0.39, 0.29) is 13.2 Å². The Bertz CT molecular complexity index is 1020. The van der Waals surface area contributed by atoms with Gasteiger partial charge >= 0.3 is 11.6 Å². The van der Waals surface area contributed by atoms with Crippen LogP contribution >= 0.6 is 15.9 Å². The molecule has 0 radical (unpaired) electrons. The molecule has 0 aliphatic carbocycles. The summed E-state index contributed by atoms with van der Waals surface area (Å²) in [6, 6.07) is 12.4. The maximum Gasteiger partial charge on any atom is 0.344 e. The molecule has 2 aromatic carbocycles. The van der Waals surface area contributed by atoms with Gasteiger partial charge in [0.05, 0.1) is 0 Å². The quantitative estimate of drug-likeness (QED) is 0.458. The van der Waals surface area contributed by atoms with Gasteiger partial charge in [-0.3, -0.25) is 0 Å². The third-order valence-corrected chi connectivity index (χ3v) is 4.36. The Kier molecular flexibility index (Phi) is 5.42. The monoisotopic (exact) mass is 416 g/mol. The number of fused-ring (bicyclic) bond motifs is 1. The Morgan fingerprint density at radius 2 is 1.92 bits per heavy atom. The molecule has 134 valence electrons. The second-order valence-electron chi connectivity index (χ2n) is 5.95. The summed E-state index contributed by atoms with van der Waals surface area (Å²) in [7, 11) is 0. The van der Waals surface area contributed by atoms with E-state index in [1.54, 1.807) is 12.1 Å². The number of hydrogen-bond acceptors (Lipinski definition) is 5. The van der Waals surface area contributed by atoms with Crippen LogP contribution in [0.15, 0.2) is 56.1 Å². The molecule has 0 amide bonds. The van der Waals surface area contributed by atoms with Gasteiger partial charge in [0.1, 0.15) is 17.9 Å². The van der Waals surface area contributed by atoms with Gasteiger partial charge in [-0.1, -0.05) is 28.1 Å². The van der Waals surface area contributed by atoms with E-state index >= 15 is 0 Å². The van der Waals surface area contributed by atoms with Gasteiger partial charge in [-0.05, 0) is 49.2 Å². The van der Waals surface area contributed by atoms with Crippen LogP contribution in [-0.2, 0) is 16.1 Å². The maximum atomic E-state index is 12.0. The predicted molar refractivity (Wildman–Crippen MR) is 101 cm³/mol. The minimum Gasteiger partial charge on any atom is -0.482 e. The lowest BCUT2D eigenvalue weighted by Gasteiger charge is -2.10. The van der Waals surface area contributed by atoms with Crippen LogP contribution in [0.5, 0.6) is 5.75 Å². The smallest absolute Gasteiger partial charge is 0.344 e. The summed E-state index contributed by atoms with van der Waals surface area (Å²) in [5, 5.41) is 0.719. The number of carbonyl (C=O) groups excluding carboxylic acids is 1. The van der Waals surface area contributed by atoms with Gasteiger partial charge in [-0.15, -0.1) is 0 Å². The van der Waals surface area contributed by atoms with Gasteiger partial charge in [-0.25, -0.2) is 9.59 Å². The number of esters is 1. The Balaban J connectivity index is 1.67. The first kappa shape index (κ1) is 18.2. The van der Waals surface area contributed by atoms with E-state index in [0.29, 0.717) is 16.9 Å². The zero-order valence-corrected chi connectivity index (χ0v) is 16.0. The number of halogens is 1. The van der Waals surface area contributed by atoms with E-state index in [0.717, 1.165) is 21.0 Å². The number of benzene rings is 2. The van der Waals surface area contributed by atoms with Crippen molar-refractivity contribution in [1.29, 1.82) is 0 Å². The van der Waals surface area contributed by atoms with Gasteiger partial charge in [0.25, 0.3) is 0 Å². The highest BCUT2D eigenvalue weighted by Gasteiger charge is 2.11. The third kappa shape index (κ3) is 4.32.